The minimum Gasteiger partial charge on any atom is -0.368 e. The van der Waals surface area contributed by atoms with Gasteiger partial charge in [-0.1, -0.05) is 12.1 Å². The molecule has 0 radical (unpaired) electrons. The average molecular weight is 314 g/mol. The van der Waals surface area contributed by atoms with Crippen LogP contribution >= 0.6 is 11.6 Å². The highest BCUT2D eigenvalue weighted by molar-refractivity contribution is 7.90. The largest absolute Gasteiger partial charge is 0.368 e. The summed E-state index contributed by atoms with van der Waals surface area (Å²) in [6.45, 7) is 0.407. The van der Waals surface area contributed by atoms with Gasteiger partial charge in [0.05, 0.1) is 4.90 Å². The number of anilines is 2. The molecule has 0 aliphatic rings. The van der Waals surface area contributed by atoms with Gasteiger partial charge in [0, 0.05) is 12.8 Å². The topological polar surface area (TPSA) is 111 Å². The van der Waals surface area contributed by atoms with Gasteiger partial charge in [-0.05, 0) is 29.3 Å². The number of benzene rings is 1. The summed E-state index contributed by atoms with van der Waals surface area (Å²) >= 11 is 5.65. The third kappa shape index (κ3) is 3.78. The summed E-state index contributed by atoms with van der Waals surface area (Å²) in [5.41, 5.74) is 6.31. The van der Waals surface area contributed by atoms with Crippen molar-refractivity contribution in [2.24, 2.45) is 0 Å². The predicted octanol–water partition coefficient (Wildman–Crippen LogP) is 1.12. The molecule has 0 atom stereocenters. The minimum atomic E-state index is -3.19. The summed E-state index contributed by atoms with van der Waals surface area (Å²) in [5, 5.41) is 2.93. The van der Waals surface area contributed by atoms with E-state index in [1.807, 2.05) is 0 Å². The summed E-state index contributed by atoms with van der Waals surface area (Å²) in [5.74, 6) is 0.287. The Balaban J connectivity index is 2.07. The Hall–Kier alpha value is -1.93. The van der Waals surface area contributed by atoms with Crippen molar-refractivity contribution in [3.8, 4) is 0 Å². The van der Waals surface area contributed by atoms with E-state index in [4.69, 9.17) is 17.3 Å². The van der Waals surface area contributed by atoms with Crippen LogP contribution in [0.15, 0.2) is 29.2 Å². The van der Waals surface area contributed by atoms with Crippen molar-refractivity contribution < 1.29 is 8.42 Å². The van der Waals surface area contributed by atoms with E-state index in [0.717, 1.165) is 11.8 Å². The second-order valence-corrected chi connectivity index (χ2v) is 6.41. The Labute approximate surface area is 121 Å². The van der Waals surface area contributed by atoms with Crippen LogP contribution in [0.25, 0.3) is 0 Å². The van der Waals surface area contributed by atoms with E-state index in [9.17, 15) is 8.42 Å². The molecule has 0 amide bonds. The predicted molar refractivity (Wildman–Crippen MR) is 76.1 cm³/mol. The van der Waals surface area contributed by atoms with Crippen molar-refractivity contribution in [3.05, 3.63) is 35.1 Å². The summed E-state index contributed by atoms with van der Waals surface area (Å²) in [4.78, 5) is 11.6. The zero-order valence-electron chi connectivity index (χ0n) is 10.5. The molecule has 3 N–H and O–H groups in total. The van der Waals surface area contributed by atoms with Crippen molar-refractivity contribution in [3.63, 3.8) is 0 Å². The van der Waals surface area contributed by atoms with Crippen LogP contribution in [0, 0.1) is 0 Å². The molecule has 1 heterocycles. The molecule has 1 aromatic carbocycles. The molecule has 106 valence electrons. The molecule has 7 nitrogen and oxygen atoms in total. The molecule has 0 saturated carbocycles. The lowest BCUT2D eigenvalue weighted by molar-refractivity contribution is 0.602. The maximum atomic E-state index is 11.3. The summed E-state index contributed by atoms with van der Waals surface area (Å²) in [7, 11) is -3.19. The molecular weight excluding hydrogens is 302 g/mol. The van der Waals surface area contributed by atoms with Crippen molar-refractivity contribution in [2.75, 3.05) is 17.3 Å². The quantitative estimate of drug-likeness (QED) is 0.870. The number of hydrogen-bond donors (Lipinski definition) is 2. The summed E-state index contributed by atoms with van der Waals surface area (Å²) in [6, 6.07) is 6.49. The second-order valence-electron chi connectivity index (χ2n) is 4.06. The van der Waals surface area contributed by atoms with Crippen LogP contribution in [-0.2, 0) is 16.4 Å². The van der Waals surface area contributed by atoms with Crippen molar-refractivity contribution in [1.82, 2.24) is 15.0 Å². The van der Waals surface area contributed by atoms with Gasteiger partial charge in [0.2, 0.25) is 17.2 Å². The van der Waals surface area contributed by atoms with Crippen LogP contribution in [0.5, 0.6) is 0 Å². The minimum absolute atomic E-state index is 0.00687. The Morgan fingerprint density at radius 1 is 1.20 bits per heavy atom. The van der Waals surface area contributed by atoms with Crippen LogP contribution in [0.3, 0.4) is 0 Å². The van der Waals surface area contributed by atoms with E-state index in [0.29, 0.717) is 6.54 Å². The molecule has 0 aliphatic carbocycles. The lowest BCUT2D eigenvalue weighted by Gasteiger charge is -2.06. The molecule has 0 unspecified atom stereocenters. The molecule has 0 bridgehead atoms. The number of nitrogens with two attached hydrogens (primary N) is 1. The fourth-order valence-corrected chi connectivity index (χ4v) is 2.28. The highest BCUT2D eigenvalue weighted by Gasteiger charge is 2.06. The van der Waals surface area contributed by atoms with Gasteiger partial charge in [-0.25, -0.2) is 8.42 Å². The van der Waals surface area contributed by atoms with Crippen molar-refractivity contribution in [1.29, 1.82) is 0 Å². The van der Waals surface area contributed by atoms with Gasteiger partial charge in [-0.3, -0.25) is 0 Å². The number of halogens is 1. The molecule has 1 aromatic heterocycles. The third-order valence-electron chi connectivity index (χ3n) is 2.43. The van der Waals surface area contributed by atoms with Gasteiger partial charge in [0.1, 0.15) is 0 Å². The van der Waals surface area contributed by atoms with Gasteiger partial charge in [0.15, 0.2) is 9.84 Å². The van der Waals surface area contributed by atoms with Gasteiger partial charge >= 0.3 is 0 Å². The maximum Gasteiger partial charge on any atom is 0.229 e. The number of sulfone groups is 1. The van der Waals surface area contributed by atoms with Gasteiger partial charge in [0.25, 0.3) is 0 Å². The maximum absolute atomic E-state index is 11.3. The fourth-order valence-electron chi connectivity index (χ4n) is 1.48. The van der Waals surface area contributed by atoms with Crippen LogP contribution in [-0.4, -0.2) is 29.6 Å². The lowest BCUT2D eigenvalue weighted by Crippen LogP contribution is -2.07. The molecule has 2 rings (SSSR count). The molecule has 0 aliphatic heterocycles. The first kappa shape index (κ1) is 14.5. The van der Waals surface area contributed by atoms with E-state index in [2.05, 4.69) is 20.3 Å². The molecule has 0 saturated heterocycles. The van der Waals surface area contributed by atoms with E-state index >= 15 is 0 Å². The van der Waals surface area contributed by atoms with Crippen LogP contribution in [0.1, 0.15) is 5.56 Å². The third-order valence-corrected chi connectivity index (χ3v) is 3.73. The van der Waals surface area contributed by atoms with Crippen LogP contribution in [0.2, 0.25) is 5.28 Å². The Bertz CT molecular complexity index is 698. The van der Waals surface area contributed by atoms with E-state index in [1.54, 1.807) is 24.3 Å². The zero-order chi connectivity index (χ0) is 14.8. The summed E-state index contributed by atoms with van der Waals surface area (Å²) < 4.78 is 22.7. The SMILES string of the molecule is CS(=O)(=O)c1ccc(CNc2nc(N)nc(Cl)n2)cc1. The number of aromatic nitrogens is 3. The van der Waals surface area contributed by atoms with Crippen LogP contribution < -0.4 is 11.1 Å². The molecule has 20 heavy (non-hydrogen) atoms. The number of nitrogen functional groups attached to an aromatic ring is 1. The molecule has 2 aromatic rings. The first-order valence-corrected chi connectivity index (χ1v) is 7.81. The highest BCUT2D eigenvalue weighted by atomic mass is 35.5. The monoisotopic (exact) mass is 313 g/mol. The first-order valence-electron chi connectivity index (χ1n) is 5.54. The highest BCUT2D eigenvalue weighted by Crippen LogP contribution is 2.12. The molecular formula is C11H12ClN5O2S. The van der Waals surface area contributed by atoms with Crippen molar-refractivity contribution >= 4 is 33.3 Å². The van der Waals surface area contributed by atoms with Gasteiger partial charge in [-0.15, -0.1) is 0 Å². The zero-order valence-corrected chi connectivity index (χ0v) is 12.1. The molecule has 0 fully saturated rings. The molecule has 9 heteroatoms. The van der Waals surface area contributed by atoms with E-state index < -0.39 is 9.84 Å². The van der Waals surface area contributed by atoms with E-state index in [1.165, 1.54) is 0 Å². The average Bonchev–Trinajstić information content (AvgIpc) is 2.35. The summed E-state index contributed by atoms with van der Waals surface area (Å²) in [6.07, 6.45) is 1.16. The number of rotatable bonds is 4. The lowest BCUT2D eigenvalue weighted by atomic mass is 10.2. The van der Waals surface area contributed by atoms with Crippen LogP contribution in [0.4, 0.5) is 11.9 Å². The van der Waals surface area contributed by atoms with Gasteiger partial charge < -0.3 is 11.1 Å². The first-order chi connectivity index (χ1) is 9.34. The Morgan fingerprint density at radius 3 is 2.40 bits per heavy atom. The number of nitrogens with zero attached hydrogens (tertiary/aromatic N) is 3. The number of nitrogens with one attached hydrogen (secondary N) is 1. The Morgan fingerprint density at radius 2 is 1.85 bits per heavy atom. The van der Waals surface area contributed by atoms with Gasteiger partial charge in [-0.2, -0.15) is 15.0 Å². The number of hydrogen-bond acceptors (Lipinski definition) is 7. The van der Waals surface area contributed by atoms with E-state index in [-0.39, 0.29) is 22.1 Å². The Kier molecular flexibility index (Phi) is 4.05. The normalized spacial score (nSPS) is 11.3. The fraction of sp³-hybridized carbons (Fsp3) is 0.182. The smallest absolute Gasteiger partial charge is 0.229 e. The molecule has 0 spiro atoms. The van der Waals surface area contributed by atoms with Crippen molar-refractivity contribution in [2.45, 2.75) is 11.4 Å². The second kappa shape index (κ2) is 5.59. The standard InChI is InChI=1S/C11H12ClN5O2S/c1-20(18,19)8-4-2-7(3-5-8)6-14-11-16-9(12)15-10(13)17-11/h2-5H,6H2,1H3,(H3,13,14,15,16,17).